The fourth-order valence-corrected chi connectivity index (χ4v) is 2.45. The fraction of sp³-hybridized carbons (Fsp3) is 0. The summed E-state index contributed by atoms with van der Waals surface area (Å²) in [4.78, 5) is 8.43. The summed E-state index contributed by atoms with van der Waals surface area (Å²) in [5.41, 5.74) is 1.82. The minimum absolute atomic E-state index is 0.850. The lowest BCUT2D eigenvalue weighted by Gasteiger charge is -2.04. The van der Waals surface area contributed by atoms with E-state index in [2.05, 4.69) is 58.5 Å². The van der Waals surface area contributed by atoms with E-state index in [9.17, 15) is 0 Å². The van der Waals surface area contributed by atoms with Crippen molar-refractivity contribution >= 4 is 21.5 Å². The molecule has 0 aliphatic carbocycles. The molecule has 0 aliphatic heterocycles. The van der Waals surface area contributed by atoms with Gasteiger partial charge >= 0.3 is 0 Å². The second-order valence-electron chi connectivity index (χ2n) is 4.75. The Morgan fingerprint density at radius 3 is 2.45 bits per heavy atom. The molecule has 0 saturated heterocycles. The van der Waals surface area contributed by atoms with Crippen LogP contribution in [0.2, 0.25) is 0 Å². The normalized spacial score (nSPS) is 11.0. The third-order valence-corrected chi connectivity index (χ3v) is 3.46. The molecule has 1 heterocycles. The maximum atomic E-state index is 4.32. The van der Waals surface area contributed by atoms with E-state index in [0.29, 0.717) is 0 Å². The van der Waals surface area contributed by atoms with Crippen molar-refractivity contribution in [2.75, 3.05) is 0 Å². The van der Waals surface area contributed by atoms with Gasteiger partial charge in [0, 0.05) is 24.0 Å². The van der Waals surface area contributed by atoms with Gasteiger partial charge < -0.3 is 0 Å². The first-order valence-corrected chi connectivity index (χ1v) is 6.51. The Bertz CT molecular complexity index is 899. The van der Waals surface area contributed by atoms with Crippen LogP contribution in [-0.4, -0.2) is 9.97 Å². The molecule has 0 N–H and O–H groups in total. The van der Waals surface area contributed by atoms with E-state index in [1.54, 1.807) is 18.6 Å². The van der Waals surface area contributed by atoms with Crippen LogP contribution in [0.1, 0.15) is 0 Å². The highest BCUT2D eigenvalue weighted by molar-refractivity contribution is 5.99. The smallest absolute Gasteiger partial charge is 0.0891 e. The molecule has 3 aromatic carbocycles. The van der Waals surface area contributed by atoms with Crippen molar-refractivity contribution in [2.24, 2.45) is 0 Å². The van der Waals surface area contributed by atoms with E-state index >= 15 is 0 Å². The lowest BCUT2D eigenvalue weighted by Crippen LogP contribution is -1.85. The van der Waals surface area contributed by atoms with Gasteiger partial charge in [-0.05, 0) is 33.7 Å². The molecule has 0 fully saturated rings. The summed E-state index contributed by atoms with van der Waals surface area (Å²) in [6.45, 7) is 0. The topological polar surface area (TPSA) is 25.8 Å². The van der Waals surface area contributed by atoms with Crippen molar-refractivity contribution in [3.05, 3.63) is 73.2 Å². The number of aromatic nitrogens is 2. The standard InChI is InChI=1S/C18H11N2/c1-2-4-14-10-17-11-16(18-12-19-7-8-20-18)6-5-15(17)9-13(14)3-1/h1-10,12H. The van der Waals surface area contributed by atoms with E-state index in [-0.39, 0.29) is 0 Å². The van der Waals surface area contributed by atoms with Crippen LogP contribution in [-0.2, 0) is 0 Å². The lowest BCUT2D eigenvalue weighted by atomic mass is 10.0. The van der Waals surface area contributed by atoms with Gasteiger partial charge in [0.15, 0.2) is 0 Å². The molecule has 0 saturated carbocycles. The second-order valence-corrected chi connectivity index (χ2v) is 4.75. The van der Waals surface area contributed by atoms with Gasteiger partial charge in [-0.2, -0.15) is 0 Å². The van der Waals surface area contributed by atoms with Crippen molar-refractivity contribution in [1.82, 2.24) is 9.97 Å². The molecule has 1 radical (unpaired) electrons. The lowest BCUT2D eigenvalue weighted by molar-refractivity contribution is 1.21. The molecule has 4 aromatic rings. The molecule has 4 rings (SSSR count). The average Bonchev–Trinajstić information content (AvgIpc) is 2.53. The van der Waals surface area contributed by atoms with Crippen LogP contribution in [0.5, 0.6) is 0 Å². The summed E-state index contributed by atoms with van der Waals surface area (Å²) in [5.74, 6) is 0. The van der Waals surface area contributed by atoms with Crippen LogP contribution in [0.4, 0.5) is 0 Å². The zero-order valence-corrected chi connectivity index (χ0v) is 10.7. The number of hydrogen-bond acceptors (Lipinski definition) is 2. The summed E-state index contributed by atoms with van der Waals surface area (Å²) < 4.78 is 0. The second kappa shape index (κ2) is 4.42. The fourth-order valence-electron chi connectivity index (χ4n) is 2.45. The summed E-state index contributed by atoms with van der Waals surface area (Å²) in [6, 6.07) is 20.3. The molecular weight excluding hydrogens is 244 g/mol. The molecule has 20 heavy (non-hydrogen) atoms. The highest BCUT2D eigenvalue weighted by atomic mass is 14.8. The van der Waals surface area contributed by atoms with Crippen LogP contribution < -0.4 is 0 Å². The first kappa shape index (κ1) is 11.1. The molecule has 0 bridgehead atoms. The van der Waals surface area contributed by atoms with Crippen molar-refractivity contribution in [3.63, 3.8) is 0 Å². The van der Waals surface area contributed by atoms with Crippen LogP contribution in [0.3, 0.4) is 0 Å². The number of benzene rings is 3. The van der Waals surface area contributed by atoms with Gasteiger partial charge in [-0.3, -0.25) is 9.97 Å². The van der Waals surface area contributed by atoms with E-state index < -0.39 is 0 Å². The molecule has 0 amide bonds. The highest BCUT2D eigenvalue weighted by Crippen LogP contribution is 2.26. The average molecular weight is 255 g/mol. The third-order valence-electron chi connectivity index (χ3n) is 3.46. The SMILES string of the molecule is [c]1c(-c2cnccn2)ccc2cc3ccccc3cc12. The molecule has 0 unspecified atom stereocenters. The molecule has 0 aliphatic rings. The van der Waals surface area contributed by atoms with Gasteiger partial charge in [0.05, 0.1) is 11.9 Å². The summed E-state index contributed by atoms with van der Waals surface area (Å²) in [7, 11) is 0. The molecule has 0 spiro atoms. The van der Waals surface area contributed by atoms with Gasteiger partial charge in [0.25, 0.3) is 0 Å². The Morgan fingerprint density at radius 1 is 0.800 bits per heavy atom. The Labute approximate surface area is 116 Å². The molecule has 2 heteroatoms. The third kappa shape index (κ3) is 1.82. The Balaban J connectivity index is 1.97. The van der Waals surface area contributed by atoms with Gasteiger partial charge in [0.1, 0.15) is 0 Å². The predicted octanol–water partition coefficient (Wildman–Crippen LogP) is 4.25. The Kier molecular flexibility index (Phi) is 2.46. The van der Waals surface area contributed by atoms with Gasteiger partial charge in [0.2, 0.25) is 0 Å². The van der Waals surface area contributed by atoms with Crippen molar-refractivity contribution in [3.8, 4) is 11.3 Å². The summed E-state index contributed by atoms with van der Waals surface area (Å²) in [6.07, 6.45) is 5.14. The van der Waals surface area contributed by atoms with Crippen LogP contribution in [0.25, 0.3) is 32.8 Å². The maximum absolute atomic E-state index is 4.32. The summed E-state index contributed by atoms with van der Waals surface area (Å²) in [5, 5.41) is 4.77. The van der Waals surface area contributed by atoms with Gasteiger partial charge in [-0.15, -0.1) is 0 Å². The van der Waals surface area contributed by atoms with E-state index in [1.807, 2.05) is 6.07 Å². The monoisotopic (exact) mass is 255 g/mol. The zero-order chi connectivity index (χ0) is 13.4. The Hall–Kier alpha value is -2.74. The highest BCUT2D eigenvalue weighted by Gasteiger charge is 2.03. The molecule has 2 nitrogen and oxygen atoms in total. The minimum atomic E-state index is 0.850. The Morgan fingerprint density at radius 2 is 1.65 bits per heavy atom. The zero-order valence-electron chi connectivity index (χ0n) is 10.7. The molecule has 1 aromatic heterocycles. The van der Waals surface area contributed by atoms with Crippen LogP contribution >= 0.6 is 0 Å². The van der Waals surface area contributed by atoms with Crippen LogP contribution in [0, 0.1) is 6.07 Å². The number of hydrogen-bond donors (Lipinski definition) is 0. The number of nitrogens with zero attached hydrogens (tertiary/aromatic N) is 2. The predicted molar refractivity (Wildman–Crippen MR) is 81.3 cm³/mol. The van der Waals surface area contributed by atoms with E-state index in [1.165, 1.54) is 16.2 Å². The maximum Gasteiger partial charge on any atom is 0.0891 e. The largest absolute Gasteiger partial charge is 0.261 e. The first-order valence-electron chi connectivity index (χ1n) is 6.51. The van der Waals surface area contributed by atoms with Crippen molar-refractivity contribution in [2.45, 2.75) is 0 Å². The van der Waals surface area contributed by atoms with Gasteiger partial charge in [-0.25, -0.2) is 0 Å². The summed E-state index contributed by atoms with van der Waals surface area (Å²) >= 11 is 0. The molecule has 93 valence electrons. The van der Waals surface area contributed by atoms with Crippen molar-refractivity contribution in [1.29, 1.82) is 0 Å². The molecule has 0 atom stereocenters. The van der Waals surface area contributed by atoms with Crippen molar-refractivity contribution < 1.29 is 0 Å². The number of rotatable bonds is 1. The van der Waals surface area contributed by atoms with Gasteiger partial charge in [-0.1, -0.05) is 36.4 Å². The quantitative estimate of drug-likeness (QED) is 0.475. The number of fused-ring (bicyclic) bond motifs is 2. The minimum Gasteiger partial charge on any atom is -0.261 e. The first-order chi connectivity index (χ1) is 9.90. The molecular formula is C18H11N2. The van der Waals surface area contributed by atoms with E-state index in [4.69, 9.17) is 0 Å². The van der Waals surface area contributed by atoms with E-state index in [0.717, 1.165) is 16.6 Å². The van der Waals surface area contributed by atoms with Crippen LogP contribution in [0.15, 0.2) is 67.1 Å².